The van der Waals surface area contributed by atoms with Crippen LogP contribution in [0.5, 0.6) is 0 Å². The van der Waals surface area contributed by atoms with E-state index in [4.69, 9.17) is 31.6 Å². The second kappa shape index (κ2) is 161. The van der Waals surface area contributed by atoms with E-state index in [9.17, 15) is 0 Å². The summed E-state index contributed by atoms with van der Waals surface area (Å²) in [5.74, 6) is 0. The second-order valence-corrected chi connectivity index (χ2v) is 1.80. The molecule has 0 fully saturated rings. The minimum absolute atomic E-state index is 0. The quantitative estimate of drug-likeness (QED) is 0.102. The third-order valence-electron chi connectivity index (χ3n) is 0. The molecule has 8 radical (unpaired) electrons. The van der Waals surface area contributed by atoms with Crippen LogP contribution in [0.4, 0.5) is 0 Å². The number of hydrogen-bond acceptors (Lipinski definition) is 12. The van der Waals surface area contributed by atoms with Gasteiger partial charge in [-0.15, -0.1) is 0 Å². The molecule has 0 saturated carbocycles. The summed E-state index contributed by atoms with van der Waals surface area (Å²) >= 11 is 18.6. The summed E-state index contributed by atoms with van der Waals surface area (Å²) in [4.78, 5) is 0. The molecule has 0 spiro atoms. The van der Waals surface area contributed by atoms with E-state index in [1.54, 1.807) is 0 Å². The Labute approximate surface area is 244 Å². The van der Waals surface area contributed by atoms with Crippen molar-refractivity contribution >= 4 is 185 Å². The Morgan fingerprint density at radius 3 is 0.318 bits per heavy atom. The van der Waals surface area contributed by atoms with E-state index in [2.05, 4.69) is 75.8 Å². The third-order valence-corrected chi connectivity index (χ3v) is 0. The zero-order valence-corrected chi connectivity index (χ0v) is 38.6. The predicted molar refractivity (Wildman–Crippen MR) is 122 cm³/mol. The van der Waals surface area contributed by atoms with Crippen LogP contribution in [0.1, 0.15) is 0 Å². The van der Waals surface area contributed by atoms with Gasteiger partial charge in [0.2, 0.25) is 0 Å². The summed E-state index contributed by atoms with van der Waals surface area (Å²) in [6.07, 6.45) is 0. The minimum atomic E-state index is 0. The normalized spacial score (nSPS) is 2.18. The maximum atomic E-state index is 7.18. The van der Waals surface area contributed by atoms with Gasteiger partial charge in [0, 0.05) is 0 Å². The number of thiol groups is 6. The molecule has 0 aromatic heterocycles. The second-order valence-electron chi connectivity index (χ2n) is 0.600. The first kappa shape index (κ1) is 64.2. The summed E-state index contributed by atoms with van der Waals surface area (Å²) < 4.78 is 0. The van der Waals surface area contributed by atoms with Gasteiger partial charge in [0.25, 0.3) is 0 Å². The van der Waals surface area contributed by atoms with Crippen LogP contribution < -0.4 is 0 Å². The zero-order chi connectivity index (χ0) is 16.2. The van der Waals surface area contributed by atoms with E-state index in [1.807, 2.05) is 0 Å². The summed E-state index contributed by atoms with van der Waals surface area (Å²) in [5, 5.41) is 51.8. The Morgan fingerprint density at radius 2 is 0.318 bits per heavy atom. The van der Waals surface area contributed by atoms with Crippen LogP contribution in [-0.2, 0) is 0 Å². The van der Waals surface area contributed by atoms with E-state index in [0.717, 1.165) is 0 Å². The van der Waals surface area contributed by atoms with Gasteiger partial charge in [-0.1, -0.05) is 75.8 Å². The molecule has 6 nitrogen and oxygen atoms in total. The van der Waals surface area contributed by atoms with Crippen molar-refractivity contribution in [3.63, 3.8) is 0 Å². The van der Waals surface area contributed by atoms with Gasteiger partial charge in [-0.25, -0.2) is 0 Å². The van der Waals surface area contributed by atoms with Crippen LogP contribution in [0, 0.1) is 64.0 Å². The molecule has 0 N–H and O–H groups in total. The topological polar surface area (TPSA) is 143 Å². The third kappa shape index (κ3) is 1440. The SMILES string of the molecule is N#CS.N#CS.N#CS.N#CS.N#CS.N#CS.[PbH2].[PbH2].[PbH2].[PbH2]. The van der Waals surface area contributed by atoms with Crippen LogP contribution in [-0.4, -0.2) is 109 Å². The predicted octanol–water partition coefficient (Wildman–Crippen LogP) is -1.28. The summed E-state index contributed by atoms with van der Waals surface area (Å²) in [7, 11) is 0. The van der Waals surface area contributed by atoms with Gasteiger partial charge in [-0.2, -0.15) is 31.6 Å². The van der Waals surface area contributed by atoms with Crippen molar-refractivity contribution in [3.05, 3.63) is 0 Å². The Morgan fingerprint density at radius 1 is 0.318 bits per heavy atom. The monoisotopic (exact) mass is 1190 g/mol. The average Bonchev–Trinajstić information content (AvgIpc) is 2.23. The van der Waals surface area contributed by atoms with Gasteiger partial charge >= 0.3 is 109 Å². The van der Waals surface area contributed by atoms with Gasteiger partial charge in [-0.05, 0) is 0 Å². The fourth-order valence-electron chi connectivity index (χ4n) is 0. The molecule has 22 heavy (non-hydrogen) atoms. The molecule has 0 atom stereocenters. The maximum absolute atomic E-state index is 7.18. The van der Waals surface area contributed by atoms with Crippen molar-refractivity contribution in [2.24, 2.45) is 0 Å². The molecule has 0 aliphatic rings. The van der Waals surface area contributed by atoms with Gasteiger partial charge in [0.1, 0.15) is 32.4 Å². The number of thiocyanates is 6. The van der Waals surface area contributed by atoms with Crippen LogP contribution in [0.3, 0.4) is 0 Å². The Hall–Kier alpha value is 2.73. The molecule has 16 heteroatoms. The molecule has 0 aromatic rings. The number of nitriles is 6. The van der Waals surface area contributed by atoms with E-state index < -0.39 is 0 Å². The van der Waals surface area contributed by atoms with Crippen LogP contribution in [0.2, 0.25) is 0 Å². The molecule has 0 aliphatic heterocycles. The first-order chi connectivity index (χ1) is 8.49. The summed E-state index contributed by atoms with van der Waals surface area (Å²) in [5.41, 5.74) is 0. The summed E-state index contributed by atoms with van der Waals surface area (Å²) in [6.45, 7) is 0. The van der Waals surface area contributed by atoms with Crippen molar-refractivity contribution in [1.29, 1.82) is 31.6 Å². The van der Waals surface area contributed by atoms with E-state index in [1.165, 1.54) is 32.4 Å². The molecular weight excluding hydrogens is 1180 g/mol. The number of hydrogen-bond donors (Lipinski definition) is 6. The molecule has 0 rings (SSSR count). The van der Waals surface area contributed by atoms with E-state index >= 15 is 0 Å². The van der Waals surface area contributed by atoms with Crippen LogP contribution >= 0.6 is 75.8 Å². The van der Waals surface area contributed by atoms with Crippen molar-refractivity contribution in [2.45, 2.75) is 0 Å². The summed E-state index contributed by atoms with van der Waals surface area (Å²) in [6, 6.07) is 0. The molecule has 120 valence electrons. The standard InChI is InChI=1S/6CHNS.4Pb.8H/c6*2-1-3;;;;;;;;;;;;/h6*3H;;;;;;;;;;;;. The Bertz CT molecular complexity index is 266. The van der Waals surface area contributed by atoms with Gasteiger partial charge in [-0.3, -0.25) is 0 Å². The van der Waals surface area contributed by atoms with Crippen molar-refractivity contribution in [1.82, 2.24) is 0 Å². The fraction of sp³-hybridized carbons (Fsp3) is 0. The van der Waals surface area contributed by atoms with Gasteiger partial charge in [0.15, 0.2) is 0 Å². The van der Waals surface area contributed by atoms with Crippen molar-refractivity contribution < 1.29 is 0 Å². The van der Waals surface area contributed by atoms with Crippen molar-refractivity contribution in [3.8, 4) is 32.4 Å². The molecule has 0 aromatic carbocycles. The molecule has 0 saturated heterocycles. The van der Waals surface area contributed by atoms with Gasteiger partial charge in [0.05, 0.1) is 0 Å². The first-order valence-corrected chi connectivity index (χ1v) is 5.37. The number of nitrogens with zero attached hydrogens (tertiary/aromatic N) is 6. The van der Waals surface area contributed by atoms with E-state index in [0.29, 0.717) is 0 Å². The van der Waals surface area contributed by atoms with Crippen molar-refractivity contribution in [2.75, 3.05) is 0 Å². The molecule has 0 amide bonds. The molecular formula is C6H14N6Pb4S6. The molecule has 0 unspecified atom stereocenters. The number of rotatable bonds is 0. The van der Waals surface area contributed by atoms with Crippen LogP contribution in [0.15, 0.2) is 0 Å². The molecule has 0 heterocycles. The van der Waals surface area contributed by atoms with Gasteiger partial charge < -0.3 is 0 Å². The average molecular weight is 1190 g/mol. The Balaban J connectivity index is -0.00000000947. The molecule has 0 bridgehead atoms. The first-order valence-electron chi connectivity index (χ1n) is 2.68. The fourth-order valence-corrected chi connectivity index (χ4v) is 0. The van der Waals surface area contributed by atoms with Crippen LogP contribution in [0.25, 0.3) is 0 Å². The molecule has 0 aliphatic carbocycles. The Kier molecular flexibility index (Phi) is 469. The van der Waals surface area contributed by atoms with E-state index in [-0.39, 0.29) is 109 Å². The zero-order valence-electron chi connectivity index (χ0n) is 11.2.